The van der Waals surface area contributed by atoms with Crippen molar-refractivity contribution in [2.24, 2.45) is 16.8 Å². The van der Waals surface area contributed by atoms with Crippen molar-refractivity contribution in [1.82, 2.24) is 20.6 Å². The molecule has 0 aliphatic heterocycles. The van der Waals surface area contributed by atoms with Crippen molar-refractivity contribution < 1.29 is 33.5 Å². The number of ether oxygens (including phenoxy) is 2. The number of hydrogen-bond acceptors (Lipinski definition) is 10. The van der Waals surface area contributed by atoms with E-state index in [0.717, 1.165) is 0 Å². The molecule has 0 saturated carbocycles. The fourth-order valence-corrected chi connectivity index (χ4v) is 2.32. The summed E-state index contributed by atoms with van der Waals surface area (Å²) in [7, 11) is 1.18. The summed E-state index contributed by atoms with van der Waals surface area (Å²) in [6, 6.07) is -2.04. The molecule has 33 heavy (non-hydrogen) atoms. The number of amides is 2. The number of alkyl carbamates (subject to hydrolysis) is 1. The number of aromatic nitrogens is 2. The van der Waals surface area contributed by atoms with Gasteiger partial charge in [0.1, 0.15) is 23.4 Å². The summed E-state index contributed by atoms with van der Waals surface area (Å²) in [4.78, 5) is 61.2. The van der Waals surface area contributed by atoms with Gasteiger partial charge in [-0.2, -0.15) is 0 Å². The number of nitrogens with two attached hydrogens (primary N) is 1. The maximum absolute atomic E-state index is 12.5. The molecule has 4 N–H and O–H groups in total. The van der Waals surface area contributed by atoms with Gasteiger partial charge in [-0.3, -0.25) is 4.79 Å². The molecule has 2 amide bonds. The molecular weight excluding hydrogens is 436 g/mol. The van der Waals surface area contributed by atoms with Crippen LogP contribution in [0.25, 0.3) is 0 Å². The van der Waals surface area contributed by atoms with Crippen LogP contribution in [-0.4, -0.2) is 64.5 Å². The van der Waals surface area contributed by atoms with Gasteiger partial charge in [-0.25, -0.2) is 24.4 Å². The molecule has 13 heteroatoms. The molecule has 182 valence electrons. The van der Waals surface area contributed by atoms with Crippen molar-refractivity contribution in [3.8, 4) is 0 Å². The number of carbonyl (C=O) groups is 4. The predicted octanol–water partition coefficient (Wildman–Crippen LogP) is 0.481. The third kappa shape index (κ3) is 8.71. The first-order valence-electron chi connectivity index (χ1n) is 10.0. The standard InChI is InChI=1S/C20H30N6O7/c1-10(2)12(25-19(30)32-20(4,5)6)18(29)33-26-15(21)13-14(23-9-8-22-13)16(27)24-11(3)17(28)31-7/h8-12H,1-7H3,(H2,21,26)(H,24,27)(H,25,30)/t11-,12-/m0/s1. The third-order valence-corrected chi connectivity index (χ3v) is 3.89. The average molecular weight is 466 g/mol. The van der Waals surface area contributed by atoms with Crippen LogP contribution in [0.1, 0.15) is 57.7 Å². The largest absolute Gasteiger partial charge is 0.467 e. The van der Waals surface area contributed by atoms with Crippen LogP contribution in [0.2, 0.25) is 0 Å². The van der Waals surface area contributed by atoms with Crippen molar-refractivity contribution >= 4 is 29.8 Å². The van der Waals surface area contributed by atoms with Crippen molar-refractivity contribution in [3.63, 3.8) is 0 Å². The summed E-state index contributed by atoms with van der Waals surface area (Å²) >= 11 is 0. The molecule has 0 aromatic carbocycles. The van der Waals surface area contributed by atoms with E-state index in [1.54, 1.807) is 34.6 Å². The molecule has 0 fully saturated rings. The van der Waals surface area contributed by atoms with Crippen LogP contribution >= 0.6 is 0 Å². The molecule has 1 aromatic heterocycles. The van der Waals surface area contributed by atoms with Crippen LogP contribution in [0.4, 0.5) is 4.79 Å². The van der Waals surface area contributed by atoms with E-state index in [9.17, 15) is 19.2 Å². The first-order valence-corrected chi connectivity index (χ1v) is 10.0. The first kappa shape index (κ1) is 27.3. The summed E-state index contributed by atoms with van der Waals surface area (Å²) < 4.78 is 9.70. The Balaban J connectivity index is 2.99. The minimum Gasteiger partial charge on any atom is -0.467 e. The Labute approximate surface area is 191 Å². The van der Waals surface area contributed by atoms with E-state index in [1.165, 1.54) is 26.4 Å². The lowest BCUT2D eigenvalue weighted by Gasteiger charge is -2.23. The zero-order valence-corrected chi connectivity index (χ0v) is 19.7. The van der Waals surface area contributed by atoms with Crippen molar-refractivity contribution in [2.45, 2.75) is 59.2 Å². The zero-order chi connectivity index (χ0) is 25.3. The van der Waals surface area contributed by atoms with Crippen LogP contribution < -0.4 is 16.4 Å². The molecule has 1 rings (SSSR count). The average Bonchev–Trinajstić information content (AvgIpc) is 2.73. The van der Waals surface area contributed by atoms with Crippen LogP contribution in [0.15, 0.2) is 17.5 Å². The quantitative estimate of drug-likeness (QED) is 0.160. The fraction of sp³-hybridized carbons (Fsp3) is 0.550. The van der Waals surface area contributed by atoms with Crippen molar-refractivity contribution in [3.05, 3.63) is 23.8 Å². The number of nitrogens with zero attached hydrogens (tertiary/aromatic N) is 3. The lowest BCUT2D eigenvalue weighted by molar-refractivity contribution is -0.147. The molecule has 1 heterocycles. The monoisotopic (exact) mass is 466 g/mol. The minimum absolute atomic E-state index is 0.180. The fourth-order valence-electron chi connectivity index (χ4n) is 2.32. The van der Waals surface area contributed by atoms with E-state index in [-0.39, 0.29) is 17.3 Å². The highest BCUT2D eigenvalue weighted by molar-refractivity contribution is 6.06. The van der Waals surface area contributed by atoms with Gasteiger partial charge in [0.15, 0.2) is 11.5 Å². The van der Waals surface area contributed by atoms with Gasteiger partial charge in [0.05, 0.1) is 7.11 Å². The molecule has 2 atom stereocenters. The Morgan fingerprint density at radius 1 is 1.00 bits per heavy atom. The van der Waals surface area contributed by atoms with Gasteiger partial charge in [0.2, 0.25) is 0 Å². The van der Waals surface area contributed by atoms with E-state index in [0.29, 0.717) is 0 Å². The number of oxime groups is 1. The number of hydrogen-bond donors (Lipinski definition) is 3. The third-order valence-electron chi connectivity index (χ3n) is 3.89. The van der Waals surface area contributed by atoms with Crippen LogP contribution in [-0.2, 0) is 23.9 Å². The molecule has 0 aliphatic carbocycles. The van der Waals surface area contributed by atoms with Crippen LogP contribution in [0.3, 0.4) is 0 Å². The maximum atomic E-state index is 12.5. The molecule has 0 radical (unpaired) electrons. The number of methoxy groups -OCH3 is 1. The highest BCUT2D eigenvalue weighted by Gasteiger charge is 2.29. The van der Waals surface area contributed by atoms with Gasteiger partial charge < -0.3 is 30.7 Å². The lowest BCUT2D eigenvalue weighted by Crippen LogP contribution is -2.47. The van der Waals surface area contributed by atoms with Gasteiger partial charge in [-0.05, 0) is 33.6 Å². The topological polar surface area (TPSA) is 184 Å². The zero-order valence-electron chi connectivity index (χ0n) is 19.7. The molecule has 0 aliphatic rings. The summed E-state index contributed by atoms with van der Waals surface area (Å²) in [5.41, 5.74) is 4.66. The van der Waals surface area contributed by atoms with E-state index in [2.05, 4.69) is 30.5 Å². The summed E-state index contributed by atoms with van der Waals surface area (Å²) in [6.45, 7) is 9.83. The Kier molecular flexibility index (Phi) is 9.70. The summed E-state index contributed by atoms with van der Waals surface area (Å²) in [5, 5.41) is 8.34. The van der Waals surface area contributed by atoms with Gasteiger partial charge in [0.25, 0.3) is 5.91 Å². The molecule has 0 unspecified atom stereocenters. The SMILES string of the molecule is COC(=O)[C@H](C)NC(=O)c1nccnc1/C(N)=N/OC(=O)[C@@H](NC(=O)OC(C)(C)C)C(C)C. The highest BCUT2D eigenvalue weighted by atomic mass is 16.7. The number of nitrogens with one attached hydrogen (secondary N) is 2. The summed E-state index contributed by atoms with van der Waals surface area (Å²) in [5.74, 6) is -3.13. The number of amidine groups is 1. The first-order chi connectivity index (χ1) is 15.3. The van der Waals surface area contributed by atoms with E-state index < -0.39 is 47.5 Å². The lowest BCUT2D eigenvalue weighted by atomic mass is 10.1. The second-order valence-electron chi connectivity index (χ2n) is 8.23. The normalized spacial score (nSPS) is 13.5. The second-order valence-corrected chi connectivity index (χ2v) is 8.23. The van der Waals surface area contributed by atoms with Gasteiger partial charge in [0, 0.05) is 12.4 Å². The van der Waals surface area contributed by atoms with E-state index in [4.69, 9.17) is 15.3 Å². The Morgan fingerprint density at radius 3 is 2.09 bits per heavy atom. The van der Waals surface area contributed by atoms with E-state index >= 15 is 0 Å². The van der Waals surface area contributed by atoms with E-state index in [1.807, 2.05) is 0 Å². The second kappa shape index (κ2) is 11.7. The number of carbonyl (C=O) groups excluding carboxylic acids is 4. The Hall–Kier alpha value is -3.77. The Bertz CT molecular complexity index is 910. The summed E-state index contributed by atoms with van der Waals surface area (Å²) in [6.07, 6.45) is 1.68. The van der Waals surface area contributed by atoms with Gasteiger partial charge in [-0.15, -0.1) is 0 Å². The highest BCUT2D eigenvalue weighted by Crippen LogP contribution is 2.10. The Morgan fingerprint density at radius 2 is 1.58 bits per heavy atom. The van der Waals surface area contributed by atoms with Crippen molar-refractivity contribution in [1.29, 1.82) is 0 Å². The molecule has 1 aromatic rings. The van der Waals surface area contributed by atoms with Crippen LogP contribution in [0.5, 0.6) is 0 Å². The van der Waals surface area contributed by atoms with Gasteiger partial charge >= 0.3 is 18.0 Å². The van der Waals surface area contributed by atoms with Crippen LogP contribution in [0, 0.1) is 5.92 Å². The predicted molar refractivity (Wildman–Crippen MR) is 116 cm³/mol. The molecule has 0 spiro atoms. The maximum Gasteiger partial charge on any atom is 0.408 e. The minimum atomic E-state index is -1.08. The molecule has 13 nitrogen and oxygen atoms in total. The number of rotatable bonds is 8. The van der Waals surface area contributed by atoms with Gasteiger partial charge in [-0.1, -0.05) is 19.0 Å². The number of esters is 1. The smallest absolute Gasteiger partial charge is 0.408 e. The molecular formula is C20H30N6O7. The molecule has 0 saturated heterocycles. The molecule has 0 bridgehead atoms. The van der Waals surface area contributed by atoms with Crippen molar-refractivity contribution in [2.75, 3.05) is 7.11 Å².